The second-order valence-electron chi connectivity index (χ2n) is 14.2. The first kappa shape index (κ1) is 49.0. The summed E-state index contributed by atoms with van der Waals surface area (Å²) < 4.78 is 43.6. The molecule has 0 aliphatic carbocycles. The van der Waals surface area contributed by atoms with Crippen molar-refractivity contribution in [3.8, 4) is 0 Å². The molecule has 0 amide bonds. The predicted molar refractivity (Wildman–Crippen MR) is 193 cm³/mol. The average Bonchev–Trinajstić information content (AvgIpc) is 3.07. The molecule has 2 atom stereocenters. The van der Waals surface area contributed by atoms with Crippen molar-refractivity contribution < 1.29 is 61.1 Å². The summed E-state index contributed by atoms with van der Waals surface area (Å²) in [6.07, 6.45) is 16.0. The Morgan fingerprint density at radius 1 is 0.529 bits per heavy atom. The molecule has 0 aliphatic heterocycles. The van der Waals surface area contributed by atoms with Gasteiger partial charge in [0.2, 0.25) is 0 Å². The highest BCUT2D eigenvalue weighted by molar-refractivity contribution is 7.45. The number of hydrogen-bond donors (Lipinski definition) is 0. The van der Waals surface area contributed by atoms with Crippen LogP contribution in [-0.2, 0) is 51.7 Å². The fourth-order valence-electron chi connectivity index (χ4n) is 4.79. The molecule has 0 spiro atoms. The van der Waals surface area contributed by atoms with Gasteiger partial charge in [-0.2, -0.15) is 0 Å². The van der Waals surface area contributed by atoms with Crippen LogP contribution in [0.25, 0.3) is 0 Å². The van der Waals surface area contributed by atoms with Gasteiger partial charge in [-0.3, -0.25) is 28.3 Å². The highest BCUT2D eigenvalue weighted by Crippen LogP contribution is 2.38. The van der Waals surface area contributed by atoms with Crippen LogP contribution in [0.2, 0.25) is 0 Å². The van der Waals surface area contributed by atoms with Crippen LogP contribution in [0.5, 0.6) is 0 Å². The minimum atomic E-state index is -4.71. The quantitative estimate of drug-likeness (QED) is 0.0159. The van der Waals surface area contributed by atoms with Gasteiger partial charge < -0.3 is 32.8 Å². The van der Waals surface area contributed by atoms with Crippen molar-refractivity contribution in [3.05, 3.63) is 0 Å². The van der Waals surface area contributed by atoms with Crippen molar-refractivity contribution >= 4 is 31.7 Å². The van der Waals surface area contributed by atoms with Crippen molar-refractivity contribution in [1.82, 2.24) is 0 Å². The van der Waals surface area contributed by atoms with Gasteiger partial charge >= 0.3 is 23.9 Å². The summed E-state index contributed by atoms with van der Waals surface area (Å²) in [4.78, 5) is 61.0. The first-order valence-corrected chi connectivity index (χ1v) is 20.8. The summed E-state index contributed by atoms with van der Waals surface area (Å²) in [5.74, 6) is -1.49. The first-order valence-electron chi connectivity index (χ1n) is 19.3. The molecule has 0 bridgehead atoms. The Morgan fingerprint density at radius 2 is 0.922 bits per heavy atom. The number of carbonyl (C=O) groups is 4. The number of unbranched alkanes of at least 4 members (excludes halogenated alkanes) is 14. The molecule has 0 heterocycles. The summed E-state index contributed by atoms with van der Waals surface area (Å²) in [6, 6.07) is 0. The third-order valence-corrected chi connectivity index (χ3v) is 8.69. The van der Waals surface area contributed by atoms with E-state index in [0.717, 1.165) is 57.8 Å². The van der Waals surface area contributed by atoms with Gasteiger partial charge in [0.25, 0.3) is 7.82 Å². The molecule has 0 rings (SSSR count). The maximum Gasteiger partial charge on any atom is 0.306 e. The van der Waals surface area contributed by atoms with Gasteiger partial charge in [-0.1, -0.05) is 90.9 Å². The van der Waals surface area contributed by atoms with Gasteiger partial charge in [0.15, 0.2) is 12.8 Å². The van der Waals surface area contributed by atoms with Crippen LogP contribution in [0.1, 0.15) is 155 Å². The van der Waals surface area contributed by atoms with Crippen molar-refractivity contribution in [2.45, 2.75) is 161 Å². The van der Waals surface area contributed by atoms with E-state index in [1.54, 1.807) is 21.1 Å². The van der Waals surface area contributed by atoms with Gasteiger partial charge in [0.05, 0.1) is 41.0 Å². The number of quaternary nitrogens is 1. The second kappa shape index (κ2) is 31.5. The predicted octanol–water partition coefficient (Wildman–Crippen LogP) is 7.32. The van der Waals surface area contributed by atoms with Crippen LogP contribution in [-0.4, -0.2) is 88.8 Å². The van der Waals surface area contributed by atoms with Crippen molar-refractivity contribution in [2.24, 2.45) is 0 Å². The Hall–Kier alpha value is -2.05. The number of phosphoric acid groups is 1. The molecule has 13 nitrogen and oxygen atoms in total. The van der Waals surface area contributed by atoms with E-state index in [4.69, 9.17) is 28.0 Å². The zero-order valence-electron chi connectivity index (χ0n) is 32.5. The summed E-state index contributed by atoms with van der Waals surface area (Å²) in [5.41, 5.74) is 0. The van der Waals surface area contributed by atoms with Crippen LogP contribution in [0, 0.1) is 0 Å². The second-order valence-corrected chi connectivity index (χ2v) is 15.6. The molecule has 51 heavy (non-hydrogen) atoms. The Balaban J connectivity index is 4.47. The highest BCUT2D eigenvalue weighted by Gasteiger charge is 2.22. The first-order chi connectivity index (χ1) is 24.3. The largest absolute Gasteiger partial charge is 0.756 e. The lowest BCUT2D eigenvalue weighted by Crippen LogP contribution is -2.37. The highest BCUT2D eigenvalue weighted by atomic mass is 31.2. The van der Waals surface area contributed by atoms with Gasteiger partial charge in [0.1, 0.15) is 6.61 Å². The van der Waals surface area contributed by atoms with E-state index in [2.05, 4.69) is 13.8 Å². The topological polar surface area (TPSA) is 164 Å². The molecule has 0 aromatic heterocycles. The summed E-state index contributed by atoms with van der Waals surface area (Å²) >= 11 is 0. The van der Waals surface area contributed by atoms with E-state index in [1.807, 2.05) is 0 Å². The van der Waals surface area contributed by atoms with Crippen molar-refractivity contribution in [3.63, 3.8) is 0 Å². The van der Waals surface area contributed by atoms with Crippen LogP contribution in [0.4, 0.5) is 0 Å². The molecule has 2 unspecified atom stereocenters. The molecule has 0 fully saturated rings. The lowest BCUT2D eigenvalue weighted by molar-refractivity contribution is -0.887. The van der Waals surface area contributed by atoms with Gasteiger partial charge in [-0.05, 0) is 38.5 Å². The molecule has 0 N–H and O–H groups in total. The fraction of sp³-hybridized carbons (Fsp3) is 0.892. The lowest BCUT2D eigenvalue weighted by atomic mass is 10.1. The van der Waals surface area contributed by atoms with Gasteiger partial charge in [-0.15, -0.1) is 0 Å². The molecule has 0 saturated heterocycles. The molecule has 0 aromatic rings. The van der Waals surface area contributed by atoms with Crippen molar-refractivity contribution in [1.29, 1.82) is 0 Å². The zero-order chi connectivity index (χ0) is 38.2. The Bertz CT molecular complexity index is 972. The Morgan fingerprint density at radius 3 is 1.35 bits per heavy atom. The minimum Gasteiger partial charge on any atom is -0.756 e. The van der Waals surface area contributed by atoms with Crippen LogP contribution in [0.15, 0.2) is 0 Å². The number of esters is 4. The van der Waals surface area contributed by atoms with Gasteiger partial charge in [-0.25, -0.2) is 0 Å². The molecule has 0 radical (unpaired) electrons. The Kier molecular flexibility index (Phi) is 30.2. The number of phosphoric ester groups is 1. The maximum absolute atomic E-state index is 12.6. The third-order valence-electron chi connectivity index (χ3n) is 7.80. The molecular formula is C37H70NO12P. The Labute approximate surface area is 308 Å². The zero-order valence-corrected chi connectivity index (χ0v) is 33.4. The minimum absolute atomic E-state index is 0.0756. The van der Waals surface area contributed by atoms with Gasteiger partial charge in [0, 0.05) is 25.7 Å². The molecule has 300 valence electrons. The van der Waals surface area contributed by atoms with Crippen LogP contribution in [0.3, 0.4) is 0 Å². The van der Waals surface area contributed by atoms with E-state index in [9.17, 15) is 28.6 Å². The van der Waals surface area contributed by atoms with Crippen LogP contribution >= 0.6 is 7.82 Å². The molecular weight excluding hydrogens is 681 g/mol. The fourth-order valence-corrected chi connectivity index (χ4v) is 5.70. The standard InChI is InChI=1S/C37H70NO12P/c1-6-8-10-16-22-28-45-34(39)24-18-12-13-20-26-36(41)47-30-33(31-48-51(43,44)49-32-38(3,4)5)50-37(42)27-21-15-14-19-25-35(40)46-29-23-17-11-9-7-2/h33H,6-32H2,1-5H3. The third kappa shape index (κ3) is 34.8. The lowest BCUT2D eigenvalue weighted by Gasteiger charge is -2.29. The van der Waals surface area contributed by atoms with Crippen molar-refractivity contribution in [2.75, 3.05) is 54.3 Å². The number of rotatable bonds is 35. The monoisotopic (exact) mass is 751 g/mol. The normalized spacial score (nSPS) is 13.3. The van der Waals surface area contributed by atoms with Crippen LogP contribution < -0.4 is 4.89 Å². The number of nitrogens with zero attached hydrogens (tertiary/aromatic N) is 1. The SMILES string of the molecule is CCCCCCCOC(=O)CCCCCCC(=O)OCC(COP(=O)([O-])OC[N+](C)(C)C)OC(=O)CCCCCCC(=O)OCCCCCCC. The van der Waals surface area contributed by atoms with E-state index in [1.165, 1.54) is 25.7 Å². The van der Waals surface area contributed by atoms with E-state index >= 15 is 0 Å². The summed E-state index contributed by atoms with van der Waals surface area (Å²) in [7, 11) is 0.536. The average molecular weight is 752 g/mol. The summed E-state index contributed by atoms with van der Waals surface area (Å²) in [5, 5.41) is 0. The molecule has 14 heteroatoms. The molecule has 0 aliphatic rings. The molecule has 0 aromatic carbocycles. The number of ether oxygens (including phenoxy) is 4. The molecule has 0 saturated carbocycles. The van der Waals surface area contributed by atoms with E-state index in [0.29, 0.717) is 58.2 Å². The number of hydrogen-bond acceptors (Lipinski definition) is 12. The van der Waals surface area contributed by atoms with E-state index < -0.39 is 32.5 Å². The maximum atomic E-state index is 12.6. The smallest absolute Gasteiger partial charge is 0.306 e. The van der Waals surface area contributed by atoms with E-state index in [-0.39, 0.29) is 42.6 Å². The summed E-state index contributed by atoms with van der Waals surface area (Å²) in [6.45, 7) is 4.14. The number of carbonyl (C=O) groups excluding carboxylic acids is 4.